The second kappa shape index (κ2) is 8.60. The fraction of sp³-hybridized carbons (Fsp3) is 0.148. The van der Waals surface area contributed by atoms with E-state index in [0.717, 1.165) is 33.8 Å². The van der Waals surface area contributed by atoms with E-state index in [1.54, 1.807) is 0 Å². The number of ether oxygens (including phenoxy) is 1. The number of para-hydroxylation sites is 1. The highest BCUT2D eigenvalue weighted by molar-refractivity contribution is 6.36. The molecule has 1 unspecified atom stereocenters. The van der Waals surface area contributed by atoms with Crippen molar-refractivity contribution in [1.82, 2.24) is 14.7 Å². The van der Waals surface area contributed by atoms with Gasteiger partial charge in [-0.1, -0.05) is 59.6 Å². The maximum Gasteiger partial charge on any atom is 0.376 e. The van der Waals surface area contributed by atoms with E-state index < -0.39 is 5.97 Å². The van der Waals surface area contributed by atoms with Crippen LogP contribution in [-0.2, 0) is 9.53 Å². The molecule has 0 spiro atoms. The summed E-state index contributed by atoms with van der Waals surface area (Å²) in [6.45, 7) is 2.88. The number of anilines is 1. The van der Waals surface area contributed by atoms with Crippen molar-refractivity contribution in [2.24, 2.45) is 5.10 Å². The maximum absolute atomic E-state index is 12.6. The molecule has 2 aliphatic rings. The summed E-state index contributed by atoms with van der Waals surface area (Å²) in [6, 6.07) is 25.7. The summed E-state index contributed by atoms with van der Waals surface area (Å²) in [7, 11) is 0. The third-order valence-corrected chi connectivity index (χ3v) is 6.46. The Labute approximate surface area is 207 Å². The van der Waals surface area contributed by atoms with Gasteiger partial charge in [0, 0.05) is 22.3 Å². The van der Waals surface area contributed by atoms with Gasteiger partial charge in [0.25, 0.3) is 0 Å². The number of morpholine rings is 1. The number of nitrogens with zero attached hydrogens (tertiary/aromatic N) is 5. The lowest BCUT2D eigenvalue weighted by molar-refractivity contribution is -0.139. The van der Waals surface area contributed by atoms with E-state index in [1.165, 1.54) is 0 Å². The minimum absolute atomic E-state index is 0.302. The average molecular weight is 484 g/mol. The van der Waals surface area contributed by atoms with E-state index in [-0.39, 0.29) is 6.17 Å². The van der Waals surface area contributed by atoms with E-state index in [1.807, 2.05) is 107 Å². The molecule has 0 amide bonds. The van der Waals surface area contributed by atoms with Crippen molar-refractivity contribution in [3.8, 4) is 16.9 Å². The molecule has 4 aromatic rings. The largest absolute Gasteiger partial charge is 0.458 e. The van der Waals surface area contributed by atoms with Gasteiger partial charge in [0.15, 0.2) is 6.17 Å². The number of hydrazone groups is 1. The highest BCUT2D eigenvalue weighted by Gasteiger charge is 2.44. The van der Waals surface area contributed by atoms with Gasteiger partial charge >= 0.3 is 5.97 Å². The molecule has 174 valence electrons. The van der Waals surface area contributed by atoms with Gasteiger partial charge in [0.05, 0.1) is 23.6 Å². The zero-order chi connectivity index (χ0) is 23.9. The minimum Gasteiger partial charge on any atom is -0.458 e. The summed E-state index contributed by atoms with van der Waals surface area (Å²) in [5, 5.41) is 12.2. The number of benzene rings is 3. The SMILES string of the molecule is Cc1ccc(N2N=C3C(=O)OCCN3C2c2cn(-c3ccccc3)nc2-c2ccc(Cl)cc2)cc1. The molecular formula is C27H22ClN5O2. The zero-order valence-electron chi connectivity index (χ0n) is 19.0. The van der Waals surface area contributed by atoms with Crippen LogP contribution >= 0.6 is 11.6 Å². The second-order valence-corrected chi connectivity index (χ2v) is 8.96. The van der Waals surface area contributed by atoms with Gasteiger partial charge in [-0.2, -0.15) is 5.10 Å². The number of carbonyl (C=O) groups is 1. The average Bonchev–Trinajstić information content (AvgIpc) is 3.48. The summed E-state index contributed by atoms with van der Waals surface area (Å²) in [5.74, 6) is -0.115. The van der Waals surface area contributed by atoms with E-state index in [4.69, 9.17) is 26.5 Å². The number of fused-ring (bicyclic) bond motifs is 1. The molecule has 1 fully saturated rings. The van der Waals surface area contributed by atoms with Gasteiger partial charge in [0.2, 0.25) is 5.84 Å². The van der Waals surface area contributed by atoms with Gasteiger partial charge < -0.3 is 9.64 Å². The maximum atomic E-state index is 12.6. The number of esters is 1. The smallest absolute Gasteiger partial charge is 0.376 e. The topological polar surface area (TPSA) is 63.0 Å². The third-order valence-electron chi connectivity index (χ3n) is 6.21. The van der Waals surface area contributed by atoms with E-state index in [9.17, 15) is 4.79 Å². The Balaban J connectivity index is 1.54. The molecule has 0 aliphatic carbocycles. The standard InChI is InChI=1S/C27H22ClN5O2/c1-18-7-13-22(14-8-18)33-26(31-15-16-35-27(34)25(31)30-33)23-17-32(21-5-3-2-4-6-21)29-24(23)19-9-11-20(28)12-10-19/h2-14,17,26H,15-16H2,1H3. The van der Waals surface area contributed by atoms with Crippen LogP contribution in [0.3, 0.4) is 0 Å². The van der Waals surface area contributed by atoms with Crippen molar-refractivity contribution in [2.75, 3.05) is 18.2 Å². The Morgan fingerprint density at radius 3 is 2.43 bits per heavy atom. The Hall–Kier alpha value is -4.10. The van der Waals surface area contributed by atoms with Crippen molar-refractivity contribution in [3.63, 3.8) is 0 Å². The molecule has 8 heteroatoms. The van der Waals surface area contributed by atoms with Crippen LogP contribution in [0.25, 0.3) is 16.9 Å². The van der Waals surface area contributed by atoms with Gasteiger partial charge in [0.1, 0.15) is 6.61 Å². The Morgan fingerprint density at radius 1 is 0.943 bits per heavy atom. The third kappa shape index (κ3) is 3.84. The van der Waals surface area contributed by atoms with Crippen molar-refractivity contribution in [3.05, 3.63) is 101 Å². The van der Waals surface area contributed by atoms with Gasteiger partial charge in [-0.05, 0) is 43.3 Å². The van der Waals surface area contributed by atoms with Crippen LogP contribution in [0, 0.1) is 6.92 Å². The second-order valence-electron chi connectivity index (χ2n) is 8.53. The Morgan fingerprint density at radius 2 is 1.69 bits per heavy atom. The molecule has 1 saturated heterocycles. The van der Waals surface area contributed by atoms with E-state index in [2.05, 4.69) is 0 Å². The number of hydrogen-bond donors (Lipinski definition) is 0. The first-order chi connectivity index (χ1) is 17.1. The van der Waals surface area contributed by atoms with Gasteiger partial charge in [-0.25, -0.2) is 14.5 Å². The van der Waals surface area contributed by atoms with Crippen molar-refractivity contribution in [1.29, 1.82) is 0 Å². The monoisotopic (exact) mass is 483 g/mol. The van der Waals surface area contributed by atoms with Crippen molar-refractivity contribution in [2.45, 2.75) is 13.1 Å². The lowest BCUT2D eigenvalue weighted by Crippen LogP contribution is -2.45. The lowest BCUT2D eigenvalue weighted by Gasteiger charge is -2.33. The van der Waals surface area contributed by atoms with Crippen LogP contribution in [0.1, 0.15) is 17.3 Å². The molecule has 3 aromatic carbocycles. The van der Waals surface area contributed by atoms with Crippen LogP contribution in [0.15, 0.2) is 90.2 Å². The normalized spacial score (nSPS) is 17.3. The number of rotatable bonds is 4. The number of cyclic esters (lactones) is 1. The van der Waals surface area contributed by atoms with E-state index >= 15 is 0 Å². The van der Waals surface area contributed by atoms with Crippen LogP contribution in [-0.4, -0.2) is 39.6 Å². The zero-order valence-corrected chi connectivity index (χ0v) is 19.8. The summed E-state index contributed by atoms with van der Waals surface area (Å²) in [6.07, 6.45) is 1.65. The summed E-state index contributed by atoms with van der Waals surface area (Å²) < 4.78 is 7.18. The van der Waals surface area contributed by atoms with Crippen molar-refractivity contribution < 1.29 is 9.53 Å². The molecule has 0 saturated carbocycles. The number of halogens is 1. The molecule has 0 bridgehead atoms. The molecule has 0 radical (unpaired) electrons. The summed E-state index contributed by atoms with van der Waals surface area (Å²) in [5.41, 5.74) is 5.61. The Bertz CT molecular complexity index is 1410. The Kier molecular flexibility index (Phi) is 5.26. The number of hydrogen-bond acceptors (Lipinski definition) is 6. The van der Waals surface area contributed by atoms with Gasteiger partial charge in [-0.15, -0.1) is 5.10 Å². The van der Waals surface area contributed by atoms with Crippen LogP contribution in [0.4, 0.5) is 5.69 Å². The first-order valence-corrected chi connectivity index (χ1v) is 11.8. The quantitative estimate of drug-likeness (QED) is 0.374. The fourth-order valence-corrected chi connectivity index (χ4v) is 4.59. The van der Waals surface area contributed by atoms with Gasteiger partial charge in [-0.3, -0.25) is 0 Å². The summed E-state index contributed by atoms with van der Waals surface area (Å²) in [4.78, 5) is 14.6. The first kappa shape index (κ1) is 21.4. The number of amidine groups is 1. The van der Waals surface area contributed by atoms with Crippen LogP contribution in [0.5, 0.6) is 0 Å². The highest BCUT2D eigenvalue weighted by Crippen LogP contribution is 2.41. The van der Waals surface area contributed by atoms with Crippen LogP contribution in [0.2, 0.25) is 5.02 Å². The predicted octanol–water partition coefficient (Wildman–Crippen LogP) is 5.19. The van der Waals surface area contributed by atoms with Crippen LogP contribution < -0.4 is 5.01 Å². The lowest BCUT2D eigenvalue weighted by atomic mass is 10.0. The molecule has 1 atom stereocenters. The number of aryl methyl sites for hydroxylation is 1. The summed E-state index contributed by atoms with van der Waals surface area (Å²) >= 11 is 6.18. The van der Waals surface area contributed by atoms with Crippen molar-refractivity contribution >= 4 is 29.1 Å². The molecule has 3 heterocycles. The fourth-order valence-electron chi connectivity index (χ4n) is 4.47. The minimum atomic E-state index is -0.417. The highest BCUT2D eigenvalue weighted by atomic mass is 35.5. The molecule has 0 N–H and O–H groups in total. The first-order valence-electron chi connectivity index (χ1n) is 11.4. The molecule has 2 aliphatic heterocycles. The molecule has 7 nitrogen and oxygen atoms in total. The predicted molar refractivity (Wildman–Crippen MR) is 136 cm³/mol. The number of carbonyl (C=O) groups excluding carboxylic acids is 1. The van der Waals surface area contributed by atoms with E-state index in [0.29, 0.717) is 24.0 Å². The molecule has 1 aromatic heterocycles. The molecule has 6 rings (SSSR count). The molecular weight excluding hydrogens is 462 g/mol. The number of aromatic nitrogens is 2. The molecule has 35 heavy (non-hydrogen) atoms.